The van der Waals surface area contributed by atoms with Crippen LogP contribution in [0.2, 0.25) is 0 Å². The maximum Gasteiger partial charge on any atom is 0.256 e. The maximum absolute atomic E-state index is 12.2. The van der Waals surface area contributed by atoms with E-state index in [0.717, 1.165) is 37.2 Å². The Kier molecular flexibility index (Phi) is 1.81. The van der Waals surface area contributed by atoms with E-state index in [-0.39, 0.29) is 5.91 Å². The van der Waals surface area contributed by atoms with Gasteiger partial charge in [-0.1, -0.05) is 5.73 Å². The smallest absolute Gasteiger partial charge is 0.256 e. The minimum atomic E-state index is 0.141. The Morgan fingerprint density at radius 1 is 1.53 bits per heavy atom. The van der Waals surface area contributed by atoms with Crippen molar-refractivity contribution in [3.63, 3.8) is 0 Å². The largest absolute Gasteiger partial charge is 0.375 e. The Labute approximate surface area is 88.4 Å². The highest BCUT2D eigenvalue weighted by molar-refractivity contribution is 5.98. The lowest BCUT2D eigenvalue weighted by atomic mass is 10.1. The van der Waals surface area contributed by atoms with Gasteiger partial charge in [0, 0.05) is 19.1 Å². The molecule has 3 aliphatic rings. The van der Waals surface area contributed by atoms with Crippen molar-refractivity contribution in [3.8, 4) is 0 Å². The van der Waals surface area contributed by atoms with Gasteiger partial charge in [-0.15, -0.1) is 0 Å². The lowest BCUT2D eigenvalue weighted by molar-refractivity contribution is -0.127. The molecule has 0 bridgehead atoms. The van der Waals surface area contributed by atoms with E-state index >= 15 is 0 Å². The van der Waals surface area contributed by atoms with Gasteiger partial charge in [-0.25, -0.2) is 0 Å². The van der Waals surface area contributed by atoms with Crippen LogP contribution in [0.5, 0.6) is 0 Å². The highest BCUT2D eigenvalue weighted by Crippen LogP contribution is 2.25. The van der Waals surface area contributed by atoms with Crippen LogP contribution in [0.15, 0.2) is 34.9 Å². The Morgan fingerprint density at radius 3 is 3.40 bits per heavy atom. The molecule has 3 nitrogen and oxygen atoms in total. The van der Waals surface area contributed by atoms with E-state index in [1.54, 1.807) is 6.08 Å². The average Bonchev–Trinajstić information content (AvgIpc) is 2.69. The van der Waals surface area contributed by atoms with Crippen LogP contribution in [-0.2, 0) is 4.79 Å². The highest BCUT2D eigenvalue weighted by atomic mass is 16.2. The van der Waals surface area contributed by atoms with E-state index in [4.69, 9.17) is 0 Å². The molecule has 15 heavy (non-hydrogen) atoms. The number of carbonyl (C=O) groups excluding carboxylic acids is 1. The number of nitrogens with one attached hydrogen (secondary N) is 1. The van der Waals surface area contributed by atoms with Crippen molar-refractivity contribution in [2.75, 3.05) is 13.1 Å². The van der Waals surface area contributed by atoms with Crippen LogP contribution in [-0.4, -0.2) is 29.9 Å². The van der Waals surface area contributed by atoms with Gasteiger partial charge in [0.25, 0.3) is 5.91 Å². The molecule has 0 unspecified atom stereocenters. The summed E-state index contributed by atoms with van der Waals surface area (Å²) in [4.78, 5) is 14.1. The van der Waals surface area contributed by atoms with E-state index in [9.17, 15) is 4.79 Å². The number of fused-ring (bicyclic) bond motifs is 2. The first kappa shape index (κ1) is 8.60. The molecule has 0 radical (unpaired) electrons. The molecule has 1 amide bonds. The SMILES string of the molecule is O=C1C2=CC=C=C=C2NC[C@@H]2CCCN12. The summed E-state index contributed by atoms with van der Waals surface area (Å²) >= 11 is 0. The van der Waals surface area contributed by atoms with Crippen molar-refractivity contribution in [2.24, 2.45) is 0 Å². The van der Waals surface area contributed by atoms with E-state index in [2.05, 4.69) is 16.8 Å². The van der Waals surface area contributed by atoms with Crippen molar-refractivity contribution in [1.82, 2.24) is 10.2 Å². The summed E-state index contributed by atoms with van der Waals surface area (Å²) in [6.07, 6.45) is 5.79. The van der Waals surface area contributed by atoms with Gasteiger partial charge in [-0.2, -0.15) is 0 Å². The fourth-order valence-corrected chi connectivity index (χ4v) is 2.40. The summed E-state index contributed by atoms with van der Waals surface area (Å²) in [7, 11) is 0. The Bertz CT molecular complexity index is 448. The normalized spacial score (nSPS) is 27.6. The van der Waals surface area contributed by atoms with E-state index in [0.29, 0.717) is 6.04 Å². The van der Waals surface area contributed by atoms with Crippen LogP contribution >= 0.6 is 0 Å². The van der Waals surface area contributed by atoms with Crippen molar-refractivity contribution < 1.29 is 4.79 Å². The quantitative estimate of drug-likeness (QED) is 0.584. The zero-order chi connectivity index (χ0) is 10.3. The fourth-order valence-electron chi connectivity index (χ4n) is 2.40. The molecule has 76 valence electrons. The number of amides is 1. The molecular formula is C12H12N2O. The molecule has 1 N–H and O–H groups in total. The van der Waals surface area contributed by atoms with Gasteiger partial charge >= 0.3 is 0 Å². The number of allylic oxidation sites excluding steroid dienone is 2. The summed E-state index contributed by atoms with van der Waals surface area (Å²) in [5, 5.41) is 3.28. The van der Waals surface area contributed by atoms with Crippen molar-refractivity contribution in [3.05, 3.63) is 34.9 Å². The number of hydrogen-bond acceptors (Lipinski definition) is 2. The third-order valence-electron chi connectivity index (χ3n) is 3.18. The predicted molar refractivity (Wildman–Crippen MR) is 55.9 cm³/mol. The molecule has 1 atom stereocenters. The molecule has 3 rings (SSSR count). The topological polar surface area (TPSA) is 32.3 Å². The molecule has 0 aromatic rings. The standard InChI is InChI=1S/C12H12N2O/c15-12-10-5-1-2-6-11(10)13-8-9-4-3-7-14(9)12/h1,5,9,13H,3-4,7-8H2/t9-/m0/s1. The monoisotopic (exact) mass is 200 g/mol. The molecule has 0 spiro atoms. The number of carbonyl (C=O) groups is 1. The van der Waals surface area contributed by atoms with Crippen LogP contribution in [0, 0.1) is 0 Å². The second-order valence-electron chi connectivity index (χ2n) is 4.07. The van der Waals surface area contributed by atoms with Gasteiger partial charge in [0.15, 0.2) is 0 Å². The van der Waals surface area contributed by atoms with Crippen LogP contribution in [0.25, 0.3) is 0 Å². The molecule has 0 aromatic heterocycles. The fraction of sp³-hybridized carbons (Fsp3) is 0.417. The van der Waals surface area contributed by atoms with E-state index in [1.165, 1.54) is 0 Å². The van der Waals surface area contributed by atoms with Gasteiger partial charge in [0.1, 0.15) is 0 Å². The van der Waals surface area contributed by atoms with Crippen LogP contribution < -0.4 is 5.32 Å². The first-order valence-corrected chi connectivity index (χ1v) is 5.33. The van der Waals surface area contributed by atoms with Crippen molar-refractivity contribution >= 4 is 5.91 Å². The molecule has 2 saturated heterocycles. The molecule has 3 heteroatoms. The number of rotatable bonds is 0. The predicted octanol–water partition coefficient (Wildman–Crippen LogP) is 0.715. The molecule has 2 fully saturated rings. The second kappa shape index (κ2) is 3.16. The molecule has 0 aromatic carbocycles. The maximum atomic E-state index is 12.2. The Morgan fingerprint density at radius 2 is 2.47 bits per heavy atom. The average molecular weight is 200 g/mol. The van der Waals surface area contributed by atoms with Crippen LogP contribution in [0.4, 0.5) is 0 Å². The molecule has 0 saturated carbocycles. The van der Waals surface area contributed by atoms with Crippen molar-refractivity contribution in [2.45, 2.75) is 18.9 Å². The first-order valence-electron chi connectivity index (χ1n) is 5.33. The lowest BCUT2D eigenvalue weighted by Crippen LogP contribution is -2.37. The number of hydrogen-bond donors (Lipinski definition) is 1. The third kappa shape index (κ3) is 1.25. The lowest BCUT2D eigenvalue weighted by Gasteiger charge is -2.21. The summed E-state index contributed by atoms with van der Waals surface area (Å²) in [6.45, 7) is 1.73. The second-order valence-corrected chi connectivity index (χ2v) is 4.07. The van der Waals surface area contributed by atoms with Gasteiger partial charge < -0.3 is 10.2 Å². The summed E-state index contributed by atoms with van der Waals surface area (Å²) in [5.41, 5.74) is 7.38. The van der Waals surface area contributed by atoms with E-state index in [1.807, 2.05) is 11.0 Å². The van der Waals surface area contributed by atoms with Gasteiger partial charge in [0.05, 0.1) is 11.3 Å². The minimum absolute atomic E-state index is 0.141. The molecule has 2 aliphatic heterocycles. The van der Waals surface area contributed by atoms with Gasteiger partial charge in [0.2, 0.25) is 0 Å². The molecule has 2 heterocycles. The van der Waals surface area contributed by atoms with Crippen molar-refractivity contribution in [1.29, 1.82) is 0 Å². The minimum Gasteiger partial charge on any atom is -0.375 e. The van der Waals surface area contributed by atoms with Crippen LogP contribution in [0.3, 0.4) is 0 Å². The van der Waals surface area contributed by atoms with Gasteiger partial charge in [-0.3, -0.25) is 4.79 Å². The van der Waals surface area contributed by atoms with Gasteiger partial charge in [-0.05, 0) is 30.7 Å². The zero-order valence-corrected chi connectivity index (χ0v) is 8.42. The Balaban J connectivity index is 2.03. The zero-order valence-electron chi connectivity index (χ0n) is 8.42. The molecule has 1 aliphatic carbocycles. The summed E-state index contributed by atoms with van der Waals surface area (Å²) in [6, 6.07) is 0.360. The van der Waals surface area contributed by atoms with Crippen LogP contribution in [0.1, 0.15) is 12.8 Å². The summed E-state index contributed by atoms with van der Waals surface area (Å²) in [5.74, 6) is 0.141. The molecular weight excluding hydrogens is 188 g/mol. The first-order chi connectivity index (χ1) is 7.36. The Hall–Kier alpha value is -1.69. The van der Waals surface area contributed by atoms with E-state index < -0.39 is 0 Å². The number of nitrogens with zero attached hydrogens (tertiary/aromatic N) is 1. The highest BCUT2D eigenvalue weighted by Gasteiger charge is 2.34. The summed E-state index contributed by atoms with van der Waals surface area (Å²) < 4.78 is 0. The third-order valence-corrected chi connectivity index (χ3v) is 3.18.